The van der Waals surface area contributed by atoms with E-state index < -0.39 is 18.1 Å². The Morgan fingerprint density at radius 1 is 1.62 bits per heavy atom. The summed E-state index contributed by atoms with van der Waals surface area (Å²) in [5.74, 6) is -1.91. The van der Waals surface area contributed by atoms with Gasteiger partial charge in [-0.05, 0) is 0 Å². The van der Waals surface area contributed by atoms with E-state index >= 15 is 0 Å². The minimum Gasteiger partial charge on any atom is -0.330 e. The molecule has 0 aliphatic carbocycles. The van der Waals surface area contributed by atoms with E-state index in [1.165, 1.54) is 6.92 Å². The van der Waals surface area contributed by atoms with Crippen LogP contribution in [0.1, 0.15) is 6.92 Å². The Bertz CT molecular complexity index is 231. The molecule has 0 saturated heterocycles. The largest absolute Gasteiger partial charge is 0.471 e. The van der Waals surface area contributed by atoms with Crippen LogP contribution in [-0.2, 0) is 4.79 Å². The fourth-order valence-electron chi connectivity index (χ4n) is 0.736. The summed E-state index contributed by atoms with van der Waals surface area (Å²) in [6.45, 7) is 7.75. The summed E-state index contributed by atoms with van der Waals surface area (Å²) in [5.41, 5.74) is 0. The van der Waals surface area contributed by atoms with Gasteiger partial charge < -0.3 is 9.74 Å². The molecular weight excluding hydrogens is 185 g/mol. The predicted octanol–water partition coefficient (Wildman–Crippen LogP) is 1.31. The molecule has 0 fully saturated rings. The standard InChI is InChI=1S/C7H9F3N2O/c1-5(11-2)4-12(3)6(13)7(8,9)10/h5H,4H2,1,3H3. The normalized spacial score (nSPS) is 13.2. The van der Waals surface area contributed by atoms with Gasteiger partial charge in [-0.15, -0.1) is 0 Å². The van der Waals surface area contributed by atoms with Crippen molar-refractivity contribution >= 4 is 5.91 Å². The number of rotatable bonds is 2. The summed E-state index contributed by atoms with van der Waals surface area (Å²) >= 11 is 0. The van der Waals surface area contributed by atoms with Gasteiger partial charge >= 0.3 is 12.1 Å². The Morgan fingerprint density at radius 3 is 2.38 bits per heavy atom. The van der Waals surface area contributed by atoms with Crippen LogP contribution in [0.2, 0.25) is 0 Å². The number of likely N-dealkylation sites (N-methyl/N-ethyl adjacent to an activating group) is 1. The monoisotopic (exact) mass is 194 g/mol. The number of alkyl halides is 3. The number of halogens is 3. The molecule has 13 heavy (non-hydrogen) atoms. The summed E-state index contributed by atoms with van der Waals surface area (Å²) in [7, 11) is 1.03. The van der Waals surface area contributed by atoms with E-state index in [0.29, 0.717) is 4.90 Å². The highest BCUT2D eigenvalue weighted by atomic mass is 19.4. The van der Waals surface area contributed by atoms with Crippen molar-refractivity contribution < 1.29 is 18.0 Å². The lowest BCUT2D eigenvalue weighted by Gasteiger charge is -2.17. The van der Waals surface area contributed by atoms with Crippen molar-refractivity contribution in [2.75, 3.05) is 13.6 Å². The number of hydrogen-bond donors (Lipinski definition) is 0. The summed E-state index contributed by atoms with van der Waals surface area (Å²) in [6, 6.07) is -0.615. The molecule has 1 amide bonds. The Balaban J connectivity index is 4.22. The van der Waals surface area contributed by atoms with Gasteiger partial charge in [0, 0.05) is 14.0 Å². The molecule has 74 valence electrons. The zero-order valence-corrected chi connectivity index (χ0v) is 7.22. The van der Waals surface area contributed by atoms with E-state index in [2.05, 4.69) is 4.85 Å². The molecule has 0 bridgehead atoms. The van der Waals surface area contributed by atoms with E-state index in [1.54, 1.807) is 0 Å². The van der Waals surface area contributed by atoms with E-state index in [1.807, 2.05) is 0 Å². The van der Waals surface area contributed by atoms with Crippen molar-refractivity contribution in [3.63, 3.8) is 0 Å². The van der Waals surface area contributed by atoms with Crippen molar-refractivity contribution in [3.8, 4) is 0 Å². The topological polar surface area (TPSA) is 24.7 Å². The molecule has 3 nitrogen and oxygen atoms in total. The Morgan fingerprint density at radius 2 is 2.08 bits per heavy atom. The SMILES string of the molecule is [C-]#[N+]C(C)CN(C)C(=O)C(F)(F)F. The average molecular weight is 194 g/mol. The second-order valence-corrected chi connectivity index (χ2v) is 2.66. The van der Waals surface area contributed by atoms with Crippen molar-refractivity contribution in [1.82, 2.24) is 4.90 Å². The van der Waals surface area contributed by atoms with E-state index in [0.717, 1.165) is 7.05 Å². The molecule has 0 spiro atoms. The van der Waals surface area contributed by atoms with Crippen LogP contribution in [0.3, 0.4) is 0 Å². The Kier molecular flexibility index (Phi) is 3.72. The van der Waals surface area contributed by atoms with Crippen molar-refractivity contribution in [2.24, 2.45) is 0 Å². The van der Waals surface area contributed by atoms with Crippen molar-refractivity contribution in [3.05, 3.63) is 11.4 Å². The summed E-state index contributed by atoms with van der Waals surface area (Å²) in [5, 5.41) is 0. The quantitative estimate of drug-likeness (QED) is 0.608. The molecule has 0 aliphatic heterocycles. The zero-order chi connectivity index (χ0) is 10.6. The first-order valence-electron chi connectivity index (χ1n) is 3.48. The second-order valence-electron chi connectivity index (χ2n) is 2.66. The molecular formula is C7H9F3N2O. The fourth-order valence-corrected chi connectivity index (χ4v) is 0.736. The Hall–Kier alpha value is -1.25. The maximum absolute atomic E-state index is 11.8. The molecule has 1 unspecified atom stereocenters. The first-order chi connectivity index (χ1) is 5.79. The lowest BCUT2D eigenvalue weighted by molar-refractivity contribution is -0.184. The predicted molar refractivity (Wildman–Crippen MR) is 39.8 cm³/mol. The maximum Gasteiger partial charge on any atom is 0.471 e. The van der Waals surface area contributed by atoms with Crippen LogP contribution in [-0.4, -0.2) is 36.6 Å². The van der Waals surface area contributed by atoms with E-state index in [9.17, 15) is 18.0 Å². The van der Waals surface area contributed by atoms with Gasteiger partial charge in [-0.25, -0.2) is 6.57 Å². The van der Waals surface area contributed by atoms with Gasteiger partial charge in [0.05, 0.1) is 6.54 Å². The molecule has 0 rings (SSSR count). The summed E-state index contributed by atoms with van der Waals surface area (Å²) in [6.07, 6.45) is -4.85. The van der Waals surface area contributed by atoms with Crippen LogP contribution in [0.4, 0.5) is 13.2 Å². The Labute approximate surface area is 73.9 Å². The molecule has 0 aromatic carbocycles. The number of amides is 1. The first kappa shape index (κ1) is 11.8. The van der Waals surface area contributed by atoms with Gasteiger partial charge in [0.1, 0.15) is 0 Å². The fraction of sp³-hybridized carbons (Fsp3) is 0.714. The highest BCUT2D eigenvalue weighted by Crippen LogP contribution is 2.17. The summed E-state index contributed by atoms with van der Waals surface area (Å²) < 4.78 is 35.4. The second kappa shape index (κ2) is 4.12. The third kappa shape index (κ3) is 3.78. The molecule has 0 saturated carbocycles. The smallest absolute Gasteiger partial charge is 0.330 e. The van der Waals surface area contributed by atoms with E-state index in [4.69, 9.17) is 6.57 Å². The number of nitrogens with zero attached hydrogens (tertiary/aromatic N) is 2. The minimum atomic E-state index is -4.85. The molecule has 1 atom stereocenters. The van der Waals surface area contributed by atoms with Gasteiger partial charge in [-0.1, -0.05) is 0 Å². The average Bonchev–Trinajstić information content (AvgIpc) is 2.01. The van der Waals surface area contributed by atoms with E-state index in [-0.39, 0.29) is 6.54 Å². The molecule has 0 radical (unpaired) electrons. The van der Waals surface area contributed by atoms with Gasteiger partial charge in [-0.3, -0.25) is 4.79 Å². The third-order valence-corrected chi connectivity index (χ3v) is 1.35. The van der Waals surface area contributed by atoms with Crippen LogP contribution in [0.15, 0.2) is 0 Å². The molecule has 0 aromatic heterocycles. The lowest BCUT2D eigenvalue weighted by Crippen LogP contribution is -2.41. The van der Waals surface area contributed by atoms with Gasteiger partial charge in [0.2, 0.25) is 6.04 Å². The molecule has 0 aliphatic rings. The van der Waals surface area contributed by atoms with Crippen LogP contribution >= 0.6 is 0 Å². The number of hydrogen-bond acceptors (Lipinski definition) is 1. The molecule has 6 heteroatoms. The van der Waals surface area contributed by atoms with Crippen LogP contribution in [0, 0.1) is 6.57 Å². The van der Waals surface area contributed by atoms with Crippen LogP contribution < -0.4 is 0 Å². The first-order valence-corrected chi connectivity index (χ1v) is 3.48. The summed E-state index contributed by atoms with van der Waals surface area (Å²) in [4.78, 5) is 14.0. The maximum atomic E-state index is 11.8. The van der Waals surface area contributed by atoms with Crippen LogP contribution in [0.25, 0.3) is 4.85 Å². The molecule has 0 N–H and O–H groups in total. The zero-order valence-electron chi connectivity index (χ0n) is 7.22. The highest BCUT2D eigenvalue weighted by Gasteiger charge is 2.41. The molecule has 0 aromatic rings. The number of carbonyl (C=O) groups excluding carboxylic acids is 1. The van der Waals surface area contributed by atoms with Crippen molar-refractivity contribution in [2.45, 2.75) is 19.1 Å². The highest BCUT2D eigenvalue weighted by molar-refractivity contribution is 5.81. The van der Waals surface area contributed by atoms with Crippen molar-refractivity contribution in [1.29, 1.82) is 0 Å². The van der Waals surface area contributed by atoms with Gasteiger partial charge in [-0.2, -0.15) is 13.2 Å². The number of carbonyl (C=O) groups is 1. The minimum absolute atomic E-state index is 0.207. The molecule has 0 heterocycles. The van der Waals surface area contributed by atoms with Gasteiger partial charge in [0.15, 0.2) is 0 Å². The lowest BCUT2D eigenvalue weighted by atomic mass is 10.3. The van der Waals surface area contributed by atoms with Crippen LogP contribution in [0.5, 0.6) is 0 Å². The van der Waals surface area contributed by atoms with Gasteiger partial charge in [0.25, 0.3) is 0 Å². The third-order valence-electron chi connectivity index (χ3n) is 1.35.